The second-order valence-electron chi connectivity index (χ2n) is 41.8. The largest absolute Gasteiger partial charge is 0.456 e. The zero-order valence-electron chi connectivity index (χ0n) is 78.0. The summed E-state index contributed by atoms with van der Waals surface area (Å²) in [6.45, 7) is 39.1. The molecule has 26 rings (SSSR count). The van der Waals surface area contributed by atoms with Crippen LogP contribution in [0.25, 0.3) is 186 Å². The molecule has 0 N–H and O–H groups in total. The van der Waals surface area contributed by atoms with Crippen LogP contribution >= 0.6 is 0 Å². The highest BCUT2D eigenvalue weighted by Crippen LogP contribution is 2.62. The molecule has 18 aromatic carbocycles. The van der Waals surface area contributed by atoms with Gasteiger partial charge in [-0.3, -0.25) is 9.97 Å². The molecule has 0 atom stereocenters. The molecule has 0 radical (unpaired) electrons. The summed E-state index contributed by atoms with van der Waals surface area (Å²) in [5.74, 6) is 6.00. The summed E-state index contributed by atoms with van der Waals surface area (Å²) in [5, 5.41) is 23.6. The highest BCUT2D eigenvalue weighted by molar-refractivity contribution is 6.35. The fraction of sp³-hybridized carbons (Fsp3) is 0.205. The number of ether oxygens (including phenoxy) is 2. The predicted molar refractivity (Wildman–Crippen MR) is 542 cm³/mol. The number of aromatic nitrogens is 5. The minimum atomic E-state index is -4.45. The molecule has 4 aromatic heterocycles. The van der Waals surface area contributed by atoms with Gasteiger partial charge in [0.05, 0.1) is 22.6 Å². The lowest BCUT2D eigenvalue weighted by Gasteiger charge is -2.36. The molecule has 0 unspecified atom stereocenters. The van der Waals surface area contributed by atoms with Gasteiger partial charge < -0.3 is 13.9 Å². The molecule has 0 amide bonds. The zero-order chi connectivity index (χ0) is 91.9. The number of benzene rings is 18. The Labute approximate surface area is 770 Å². The van der Waals surface area contributed by atoms with Gasteiger partial charge in [0.25, 0.3) is 0 Å². The number of fused-ring (bicyclic) bond motifs is 18. The number of para-hydroxylation sites is 2. The van der Waals surface area contributed by atoms with Gasteiger partial charge in [-0.25, -0.2) is 15.0 Å². The van der Waals surface area contributed by atoms with Crippen molar-refractivity contribution in [1.82, 2.24) is 24.9 Å². The van der Waals surface area contributed by atoms with E-state index in [1.165, 1.54) is 139 Å². The van der Waals surface area contributed by atoms with E-state index in [2.05, 4.69) is 345 Å². The van der Waals surface area contributed by atoms with E-state index >= 15 is 0 Å². The summed E-state index contributed by atoms with van der Waals surface area (Å²) >= 11 is 0. The molecule has 0 bridgehead atoms. The molecule has 2 aliphatic heterocycles. The van der Waals surface area contributed by atoms with Crippen molar-refractivity contribution in [3.8, 4) is 90.3 Å². The average molecular weight is 1740 g/mol. The van der Waals surface area contributed by atoms with Crippen molar-refractivity contribution in [2.24, 2.45) is 0 Å². The summed E-state index contributed by atoms with van der Waals surface area (Å²) in [6, 6.07) is 95.1. The molecule has 8 nitrogen and oxygen atoms in total. The van der Waals surface area contributed by atoms with E-state index in [0.717, 1.165) is 145 Å². The number of pyridine rings is 2. The predicted octanol–water partition coefficient (Wildman–Crippen LogP) is 33.6. The Kier molecular flexibility index (Phi) is 17.3. The van der Waals surface area contributed by atoms with Crippen molar-refractivity contribution < 1.29 is 27.1 Å². The number of aryl methyl sites for hydroxylation is 4. The molecule has 133 heavy (non-hydrogen) atoms. The highest BCUT2D eigenvalue weighted by Gasteiger charge is 2.46. The number of hydrogen-bond donors (Lipinski definition) is 0. The van der Waals surface area contributed by atoms with Crippen LogP contribution in [0.4, 0.5) is 13.2 Å². The summed E-state index contributed by atoms with van der Waals surface area (Å²) < 4.78 is 61.7. The SMILES string of the molecule is CC(C)(C)c1nc(-c2ccc3ccc4c5oc6ccccc6c5cc5c(-c6ccccc6)cc2c3c54)nc(C(C)(C)C)n1.Cc1nc2c(cc1-c1ccccc1)C(C)(C)c1cc3c(C)cc4cc5c(c6cc(C)c(c1-2)c3c46)Oc1ccc(-c2ccccc2)cc1C5(C)C.Cc1nc2c(cc1C(F)(F)F)C(C)(C)c1cc3ccc4cc5c(c6ccc(c1-2)c3c46)Oc1ccccc1C5(C)C. The Morgan fingerprint density at radius 2 is 0.805 bits per heavy atom. The third kappa shape index (κ3) is 11.9. The molecule has 2 aliphatic carbocycles. The Balaban J connectivity index is 0.000000111. The van der Waals surface area contributed by atoms with Crippen molar-refractivity contribution in [3.63, 3.8) is 0 Å². The molecule has 650 valence electrons. The quantitative estimate of drug-likeness (QED) is 0.161. The van der Waals surface area contributed by atoms with Gasteiger partial charge in [-0.1, -0.05) is 267 Å². The van der Waals surface area contributed by atoms with Crippen LogP contribution in [0.2, 0.25) is 0 Å². The fourth-order valence-electron chi connectivity index (χ4n) is 22.9. The van der Waals surface area contributed by atoms with E-state index < -0.39 is 17.2 Å². The number of furan rings is 1. The number of alkyl halides is 3. The lowest BCUT2D eigenvalue weighted by Crippen LogP contribution is -2.24. The summed E-state index contributed by atoms with van der Waals surface area (Å²) in [7, 11) is 0. The van der Waals surface area contributed by atoms with E-state index in [9.17, 15) is 13.2 Å². The van der Waals surface area contributed by atoms with Crippen LogP contribution in [0.15, 0.2) is 271 Å². The molecule has 4 aliphatic rings. The summed E-state index contributed by atoms with van der Waals surface area (Å²) in [6.07, 6.45) is -4.45. The van der Waals surface area contributed by atoms with Crippen LogP contribution in [0.3, 0.4) is 0 Å². The van der Waals surface area contributed by atoms with Gasteiger partial charge in [-0.2, -0.15) is 13.2 Å². The van der Waals surface area contributed by atoms with Crippen LogP contribution in [-0.2, 0) is 38.7 Å². The van der Waals surface area contributed by atoms with Crippen LogP contribution in [0, 0.1) is 27.7 Å². The zero-order valence-corrected chi connectivity index (χ0v) is 78.0. The Morgan fingerprint density at radius 3 is 1.49 bits per heavy atom. The number of rotatable bonds is 4. The molecule has 22 aromatic rings. The van der Waals surface area contributed by atoms with Gasteiger partial charge in [-0.15, -0.1) is 0 Å². The minimum absolute atomic E-state index is 0.00367. The molecule has 11 heteroatoms. The average Bonchev–Trinajstić information content (AvgIpc) is 1.65. The first-order valence-electron chi connectivity index (χ1n) is 46.3. The van der Waals surface area contributed by atoms with E-state index in [-0.39, 0.29) is 32.8 Å². The summed E-state index contributed by atoms with van der Waals surface area (Å²) in [5.41, 5.74) is 24.4. The second-order valence-corrected chi connectivity index (χ2v) is 41.8. The minimum Gasteiger partial charge on any atom is -0.456 e. The third-order valence-corrected chi connectivity index (χ3v) is 29.9. The van der Waals surface area contributed by atoms with E-state index in [1.54, 1.807) is 0 Å². The summed E-state index contributed by atoms with van der Waals surface area (Å²) in [4.78, 5) is 25.2. The smallest absolute Gasteiger partial charge is 0.418 e. The molecule has 0 saturated carbocycles. The lowest BCUT2D eigenvalue weighted by atomic mass is 9.73. The lowest BCUT2D eigenvalue weighted by molar-refractivity contribution is -0.138. The third-order valence-electron chi connectivity index (χ3n) is 29.9. The van der Waals surface area contributed by atoms with Crippen molar-refractivity contribution in [1.29, 1.82) is 0 Å². The van der Waals surface area contributed by atoms with Crippen molar-refractivity contribution in [2.45, 2.75) is 163 Å². The van der Waals surface area contributed by atoms with Crippen LogP contribution < -0.4 is 9.47 Å². The van der Waals surface area contributed by atoms with Gasteiger partial charge in [0.1, 0.15) is 45.8 Å². The molecule has 0 spiro atoms. The van der Waals surface area contributed by atoms with Gasteiger partial charge in [0, 0.05) is 126 Å². The van der Waals surface area contributed by atoms with E-state index in [4.69, 9.17) is 33.8 Å². The van der Waals surface area contributed by atoms with Gasteiger partial charge in [-0.05, 0) is 251 Å². The maximum Gasteiger partial charge on any atom is 0.418 e. The van der Waals surface area contributed by atoms with Crippen molar-refractivity contribution in [2.75, 3.05) is 0 Å². The van der Waals surface area contributed by atoms with E-state index in [0.29, 0.717) is 11.3 Å². The molecule has 0 fully saturated rings. The first-order valence-corrected chi connectivity index (χ1v) is 46.3. The van der Waals surface area contributed by atoms with Crippen LogP contribution in [0.5, 0.6) is 23.0 Å². The highest BCUT2D eigenvalue weighted by atomic mass is 19.4. The fourth-order valence-corrected chi connectivity index (χ4v) is 22.9. The number of hydrogen-bond acceptors (Lipinski definition) is 8. The maximum absolute atomic E-state index is 13.9. The second kappa shape index (κ2) is 28.1. The molecule has 0 saturated heterocycles. The van der Waals surface area contributed by atoms with Crippen LogP contribution in [0.1, 0.15) is 181 Å². The Bertz CT molecular complexity index is 8760. The first-order chi connectivity index (χ1) is 63.5. The number of halogens is 3. The number of nitrogens with zero attached hydrogens (tertiary/aromatic N) is 5. The molecule has 6 heterocycles. The first kappa shape index (κ1) is 81.8. The normalized spacial score (nSPS) is 14.9. The molecular weight excluding hydrogens is 1640 g/mol. The van der Waals surface area contributed by atoms with E-state index in [1.807, 2.05) is 38.1 Å². The molecular formula is C122H98F3N5O3. The van der Waals surface area contributed by atoms with Crippen molar-refractivity contribution in [3.05, 3.63) is 351 Å². The monoisotopic (exact) mass is 1740 g/mol. The van der Waals surface area contributed by atoms with Crippen LogP contribution in [-0.4, -0.2) is 24.9 Å². The maximum atomic E-state index is 13.9. The van der Waals surface area contributed by atoms with Gasteiger partial charge in [0.15, 0.2) is 5.82 Å². The standard InChI is InChI=1S/C48H39NO.C39H33N3O.C35H26F3NO/c1-26-20-32-23-39-46(50-40-19-18-31(22-36(40)47(39,4)5)29-14-10-8-11-15-29)35-21-27(2)41-43(42(32)35)33(26)24-37-44(41)45-38(48(37,6)7)25-34(28(3)49-45)30-16-12-9-13-17-30;1-38(2,3)36-40-35(41-37(42-36)39(4,5)6)25-18-16-23-17-19-26-33-29(21-30-24-14-10-11-15-31(24)43-34(26)30)27(20-28(25)32(23)33)22-12-8-7-9-13-22;1-17-23(35(36,37)38)16-25-31(39-17)30-20-12-13-21-29-19(11-10-18(28(20)29)14-24(30)34(25,4)5)15-26-32(21)40-27-9-7-6-8-22(27)33(26,2)3/h8-25H,1-7H3;7-21H,1-6H3;6-16H,1-5H3. The topological polar surface area (TPSA) is 96.1 Å². The van der Waals surface area contributed by atoms with Gasteiger partial charge >= 0.3 is 6.18 Å². The Hall–Kier alpha value is -14.4. The van der Waals surface area contributed by atoms with Gasteiger partial charge in [0.2, 0.25) is 0 Å². The van der Waals surface area contributed by atoms with Crippen molar-refractivity contribution >= 4 is 119 Å². The Morgan fingerprint density at radius 1 is 0.286 bits per heavy atom.